The van der Waals surface area contributed by atoms with Gasteiger partial charge in [-0.05, 0) is 42.7 Å². The first-order chi connectivity index (χ1) is 15.6. The molecule has 7 nitrogen and oxygen atoms in total. The number of halogens is 1. The number of rotatable bonds is 5. The molecule has 1 aliphatic rings. The van der Waals surface area contributed by atoms with E-state index in [0.29, 0.717) is 16.4 Å². The summed E-state index contributed by atoms with van der Waals surface area (Å²) < 4.78 is 16.3. The summed E-state index contributed by atoms with van der Waals surface area (Å²) in [4.78, 5) is 27.8. The maximum atomic E-state index is 13.5. The highest BCUT2D eigenvalue weighted by atomic mass is 19.1. The maximum Gasteiger partial charge on any atom is 0.291 e. The van der Waals surface area contributed by atoms with E-state index in [4.69, 9.17) is 0 Å². The third-order valence-corrected chi connectivity index (χ3v) is 6.06. The van der Waals surface area contributed by atoms with Gasteiger partial charge in [0.15, 0.2) is 0 Å². The quantitative estimate of drug-likeness (QED) is 0.525. The molecule has 1 aliphatic heterocycles. The van der Waals surface area contributed by atoms with Crippen molar-refractivity contribution >= 4 is 22.3 Å². The molecule has 5 rings (SSSR count). The van der Waals surface area contributed by atoms with Crippen molar-refractivity contribution in [2.45, 2.75) is 32.0 Å². The first-order valence-corrected chi connectivity index (χ1v) is 10.8. The van der Waals surface area contributed by atoms with Gasteiger partial charge in [0.2, 0.25) is 5.91 Å². The van der Waals surface area contributed by atoms with E-state index in [-0.39, 0.29) is 29.9 Å². The SMILES string of the molecule is O=C(Cn1ncn2c(cc3cc(F)ccc32)c1=O)NC1CCN(Cc2ccccc2)CC1. The van der Waals surface area contributed by atoms with Gasteiger partial charge in [-0.25, -0.2) is 9.07 Å². The number of fused-ring (bicyclic) bond motifs is 3. The Morgan fingerprint density at radius 1 is 1.06 bits per heavy atom. The van der Waals surface area contributed by atoms with Gasteiger partial charge in [-0.2, -0.15) is 5.10 Å². The smallest absolute Gasteiger partial charge is 0.291 e. The van der Waals surface area contributed by atoms with E-state index >= 15 is 0 Å². The molecule has 1 fully saturated rings. The van der Waals surface area contributed by atoms with E-state index in [1.165, 1.54) is 24.0 Å². The summed E-state index contributed by atoms with van der Waals surface area (Å²) in [6.45, 7) is 2.60. The van der Waals surface area contributed by atoms with Gasteiger partial charge in [-0.3, -0.25) is 18.9 Å². The zero-order valence-corrected chi connectivity index (χ0v) is 17.6. The van der Waals surface area contributed by atoms with Crippen LogP contribution in [0.5, 0.6) is 0 Å². The van der Waals surface area contributed by atoms with Crippen LogP contribution in [0.4, 0.5) is 4.39 Å². The summed E-state index contributed by atoms with van der Waals surface area (Å²) in [5.41, 5.74) is 1.97. The molecule has 0 aliphatic carbocycles. The van der Waals surface area contributed by atoms with Crippen LogP contribution in [0.3, 0.4) is 0 Å². The predicted molar refractivity (Wildman–Crippen MR) is 120 cm³/mol. The first kappa shape index (κ1) is 20.4. The average molecular weight is 433 g/mol. The second kappa shape index (κ2) is 8.55. The number of hydrogen-bond acceptors (Lipinski definition) is 4. The van der Waals surface area contributed by atoms with Crippen LogP contribution < -0.4 is 10.9 Å². The largest absolute Gasteiger partial charge is 0.352 e. The fourth-order valence-electron chi connectivity index (χ4n) is 4.39. The van der Waals surface area contributed by atoms with Crippen molar-refractivity contribution in [3.8, 4) is 0 Å². The monoisotopic (exact) mass is 433 g/mol. The number of hydrogen-bond donors (Lipinski definition) is 1. The summed E-state index contributed by atoms with van der Waals surface area (Å²) in [6.07, 6.45) is 3.23. The Bertz CT molecular complexity index is 1320. The Kier molecular flexibility index (Phi) is 5.45. The zero-order valence-electron chi connectivity index (χ0n) is 17.6. The van der Waals surface area contributed by atoms with Gasteiger partial charge in [0.05, 0.1) is 5.52 Å². The number of nitrogens with one attached hydrogen (secondary N) is 1. The molecule has 1 N–H and O–H groups in total. The number of benzene rings is 2. The van der Waals surface area contributed by atoms with Crippen LogP contribution in [0.1, 0.15) is 18.4 Å². The summed E-state index contributed by atoms with van der Waals surface area (Å²) in [7, 11) is 0. The highest BCUT2D eigenvalue weighted by molar-refractivity contribution is 5.86. The molecule has 164 valence electrons. The van der Waals surface area contributed by atoms with Crippen molar-refractivity contribution in [1.82, 2.24) is 24.4 Å². The van der Waals surface area contributed by atoms with Crippen LogP contribution >= 0.6 is 0 Å². The van der Waals surface area contributed by atoms with Gasteiger partial charge >= 0.3 is 0 Å². The average Bonchev–Trinajstić information content (AvgIpc) is 3.16. The normalized spacial score (nSPS) is 15.4. The molecule has 0 atom stereocenters. The molecule has 32 heavy (non-hydrogen) atoms. The summed E-state index contributed by atoms with van der Waals surface area (Å²) in [5, 5.41) is 7.81. The van der Waals surface area contributed by atoms with Crippen molar-refractivity contribution in [2.75, 3.05) is 13.1 Å². The predicted octanol–water partition coefficient (Wildman–Crippen LogP) is 2.57. The van der Waals surface area contributed by atoms with Crippen LogP contribution in [0.2, 0.25) is 0 Å². The topological polar surface area (TPSA) is 71.6 Å². The maximum absolute atomic E-state index is 13.5. The number of aromatic nitrogens is 3. The third kappa shape index (κ3) is 4.13. The molecule has 4 aromatic rings. The van der Waals surface area contributed by atoms with Gasteiger partial charge in [-0.15, -0.1) is 0 Å². The summed E-state index contributed by atoms with van der Waals surface area (Å²) >= 11 is 0. The molecule has 0 bridgehead atoms. The minimum Gasteiger partial charge on any atom is -0.352 e. The number of carbonyl (C=O) groups is 1. The highest BCUT2D eigenvalue weighted by Gasteiger charge is 2.21. The molecule has 1 saturated heterocycles. The summed E-state index contributed by atoms with van der Waals surface area (Å²) in [5.74, 6) is -0.594. The first-order valence-electron chi connectivity index (χ1n) is 10.8. The van der Waals surface area contributed by atoms with Crippen molar-refractivity contribution in [2.24, 2.45) is 0 Å². The molecule has 0 saturated carbocycles. The van der Waals surface area contributed by atoms with Gasteiger partial charge in [-0.1, -0.05) is 30.3 Å². The van der Waals surface area contributed by atoms with Crippen LogP contribution in [-0.4, -0.2) is 44.1 Å². The van der Waals surface area contributed by atoms with E-state index in [0.717, 1.165) is 37.2 Å². The van der Waals surface area contributed by atoms with E-state index in [1.807, 2.05) is 18.2 Å². The van der Waals surface area contributed by atoms with Gasteiger partial charge in [0.25, 0.3) is 5.56 Å². The van der Waals surface area contributed by atoms with Crippen molar-refractivity contribution in [3.05, 3.63) is 82.7 Å². The van der Waals surface area contributed by atoms with Crippen molar-refractivity contribution in [1.29, 1.82) is 0 Å². The van der Waals surface area contributed by atoms with Gasteiger partial charge in [0.1, 0.15) is 24.2 Å². The van der Waals surface area contributed by atoms with E-state index < -0.39 is 0 Å². The minimum atomic E-state index is -0.378. The van der Waals surface area contributed by atoms with Crippen LogP contribution in [0, 0.1) is 5.82 Å². The molecule has 3 heterocycles. The molecule has 0 radical (unpaired) electrons. The lowest BCUT2D eigenvalue weighted by molar-refractivity contribution is -0.123. The fraction of sp³-hybridized carbons (Fsp3) is 0.292. The second-order valence-electron chi connectivity index (χ2n) is 8.30. The number of carbonyl (C=O) groups excluding carboxylic acids is 1. The lowest BCUT2D eigenvalue weighted by Gasteiger charge is -2.32. The van der Waals surface area contributed by atoms with Gasteiger partial charge in [0, 0.05) is 31.1 Å². The molecule has 0 spiro atoms. The number of nitrogens with zero attached hydrogens (tertiary/aromatic N) is 4. The second-order valence-corrected chi connectivity index (χ2v) is 8.30. The van der Waals surface area contributed by atoms with E-state index in [1.54, 1.807) is 16.5 Å². The Labute approximate surface area is 184 Å². The fourth-order valence-corrected chi connectivity index (χ4v) is 4.39. The Morgan fingerprint density at radius 2 is 1.84 bits per heavy atom. The molecule has 0 unspecified atom stereocenters. The molecular weight excluding hydrogens is 409 g/mol. The Morgan fingerprint density at radius 3 is 2.62 bits per heavy atom. The molecule has 2 aromatic carbocycles. The lowest BCUT2D eigenvalue weighted by Crippen LogP contribution is -2.46. The highest BCUT2D eigenvalue weighted by Crippen LogP contribution is 2.19. The van der Waals surface area contributed by atoms with Crippen LogP contribution in [0.15, 0.2) is 65.7 Å². The summed E-state index contributed by atoms with van der Waals surface area (Å²) in [6, 6.07) is 16.4. The van der Waals surface area contributed by atoms with Gasteiger partial charge < -0.3 is 5.32 Å². The molecular formula is C24H24FN5O2. The van der Waals surface area contributed by atoms with E-state index in [9.17, 15) is 14.0 Å². The molecule has 2 aromatic heterocycles. The third-order valence-electron chi connectivity index (χ3n) is 6.06. The molecule has 1 amide bonds. The zero-order chi connectivity index (χ0) is 22.1. The van der Waals surface area contributed by atoms with E-state index in [2.05, 4.69) is 27.4 Å². The van der Waals surface area contributed by atoms with Crippen LogP contribution in [-0.2, 0) is 17.9 Å². The minimum absolute atomic E-state index is 0.0906. The Hall–Kier alpha value is -3.52. The van der Waals surface area contributed by atoms with Crippen molar-refractivity contribution < 1.29 is 9.18 Å². The number of piperidine rings is 1. The lowest BCUT2D eigenvalue weighted by atomic mass is 10.0. The van der Waals surface area contributed by atoms with Crippen molar-refractivity contribution in [3.63, 3.8) is 0 Å². The number of likely N-dealkylation sites (tertiary alicyclic amines) is 1. The van der Waals surface area contributed by atoms with Crippen LogP contribution in [0.25, 0.3) is 16.4 Å². The Balaban J connectivity index is 1.21. The number of amides is 1. The molecule has 8 heteroatoms. The standard InChI is InChI=1S/C24H24FN5O2/c25-19-6-7-21-18(12-19)13-22-24(32)30(26-16-29(21)22)15-23(31)27-20-8-10-28(11-9-20)14-17-4-2-1-3-5-17/h1-7,12-13,16,20H,8-11,14-15H2,(H,27,31).